The zero-order valence-electron chi connectivity index (χ0n) is 6.62. The molecule has 0 aromatic heterocycles. The van der Waals surface area contributed by atoms with E-state index < -0.39 is 5.97 Å². The first-order valence-electron chi connectivity index (χ1n) is 3.38. The van der Waals surface area contributed by atoms with E-state index in [1.165, 1.54) is 0 Å². The van der Waals surface area contributed by atoms with E-state index in [1.807, 2.05) is 13.0 Å². The van der Waals surface area contributed by atoms with Gasteiger partial charge in [-0.05, 0) is 6.92 Å². The minimum absolute atomic E-state index is 0.204. The fourth-order valence-corrected chi connectivity index (χ4v) is 0.540. The van der Waals surface area contributed by atoms with Gasteiger partial charge in [0.25, 0.3) is 0 Å². The van der Waals surface area contributed by atoms with Crippen molar-refractivity contribution in [3.63, 3.8) is 0 Å². The maximum atomic E-state index is 10.5. The highest BCUT2D eigenvalue weighted by molar-refractivity contribution is 5.81. The summed E-state index contributed by atoms with van der Waals surface area (Å²) in [4.78, 5) is 10.5. The molecule has 3 heteroatoms. The summed E-state index contributed by atoms with van der Waals surface area (Å²) in [6, 6.07) is -0.219. The van der Waals surface area contributed by atoms with E-state index in [1.54, 1.807) is 6.08 Å². The van der Waals surface area contributed by atoms with Gasteiger partial charge in [-0.15, -0.1) is 0 Å². The van der Waals surface area contributed by atoms with E-state index in [-0.39, 0.29) is 12.6 Å². The van der Waals surface area contributed by atoms with Crippen molar-refractivity contribution >= 4 is 5.97 Å². The first kappa shape index (κ1) is 9.91. The van der Waals surface area contributed by atoms with E-state index in [0.717, 1.165) is 6.08 Å². The quantitative estimate of drug-likeness (QED) is 0.368. The number of hydrogen-bond donors (Lipinski definition) is 1. The van der Waals surface area contributed by atoms with Gasteiger partial charge < -0.3 is 10.5 Å². The summed E-state index contributed by atoms with van der Waals surface area (Å²) in [6.07, 6.45) is 4.69. The zero-order chi connectivity index (χ0) is 8.69. The number of esters is 1. The van der Waals surface area contributed by atoms with Gasteiger partial charge in [-0.2, -0.15) is 0 Å². The number of ether oxygens (including phenoxy) is 1. The van der Waals surface area contributed by atoms with E-state index in [2.05, 4.69) is 11.3 Å². The summed E-state index contributed by atoms with van der Waals surface area (Å²) >= 11 is 0. The third kappa shape index (κ3) is 5.36. The van der Waals surface area contributed by atoms with Gasteiger partial charge in [-0.25, -0.2) is 4.79 Å². The lowest BCUT2D eigenvalue weighted by Crippen LogP contribution is -2.24. The molecule has 0 amide bonds. The molecule has 3 nitrogen and oxygen atoms in total. The molecule has 0 aliphatic carbocycles. The third-order valence-corrected chi connectivity index (χ3v) is 1.02. The Bertz CT molecular complexity index is 163. The summed E-state index contributed by atoms with van der Waals surface area (Å²) in [5, 5.41) is 0. The van der Waals surface area contributed by atoms with Crippen LogP contribution in [0.5, 0.6) is 0 Å². The molecule has 0 aromatic carbocycles. The van der Waals surface area contributed by atoms with E-state index in [4.69, 9.17) is 5.73 Å². The van der Waals surface area contributed by atoms with Crippen molar-refractivity contribution in [1.82, 2.24) is 0 Å². The Hall–Kier alpha value is -1.09. The first-order valence-corrected chi connectivity index (χ1v) is 3.38. The van der Waals surface area contributed by atoms with Crippen molar-refractivity contribution < 1.29 is 9.53 Å². The summed E-state index contributed by atoms with van der Waals surface area (Å²) < 4.78 is 4.67. The Morgan fingerprint density at radius 2 is 2.45 bits per heavy atom. The molecule has 0 fully saturated rings. The van der Waals surface area contributed by atoms with Crippen molar-refractivity contribution in [2.45, 2.75) is 13.0 Å². The predicted molar refractivity (Wildman–Crippen MR) is 43.9 cm³/mol. The Morgan fingerprint density at radius 1 is 1.82 bits per heavy atom. The van der Waals surface area contributed by atoms with Gasteiger partial charge in [-0.1, -0.05) is 18.7 Å². The Kier molecular flexibility index (Phi) is 5.11. The normalized spacial score (nSPS) is 12.9. The van der Waals surface area contributed by atoms with Crippen LogP contribution < -0.4 is 5.73 Å². The lowest BCUT2D eigenvalue weighted by Gasteiger charge is -2.05. The molecule has 0 radical (unpaired) electrons. The van der Waals surface area contributed by atoms with Gasteiger partial charge in [0.1, 0.15) is 6.61 Å². The van der Waals surface area contributed by atoms with Crippen LogP contribution in [-0.2, 0) is 9.53 Å². The monoisotopic (exact) mass is 155 g/mol. The molecule has 1 atom stereocenters. The summed E-state index contributed by atoms with van der Waals surface area (Å²) in [5.74, 6) is -0.440. The van der Waals surface area contributed by atoms with Gasteiger partial charge in [0.05, 0.1) is 6.04 Å². The summed E-state index contributed by atoms with van der Waals surface area (Å²) in [6.45, 7) is 5.31. The fourth-order valence-electron chi connectivity index (χ4n) is 0.540. The Labute approximate surface area is 66.5 Å². The molecule has 0 aliphatic rings. The summed E-state index contributed by atoms with van der Waals surface area (Å²) in [7, 11) is 0. The second kappa shape index (κ2) is 5.68. The molecule has 0 heterocycles. The van der Waals surface area contributed by atoms with Crippen molar-refractivity contribution in [3.8, 4) is 0 Å². The molecule has 0 bridgehead atoms. The lowest BCUT2D eigenvalue weighted by molar-refractivity contribution is -0.137. The molecular weight excluding hydrogens is 142 g/mol. The molecule has 62 valence electrons. The van der Waals surface area contributed by atoms with Gasteiger partial charge in [0.15, 0.2) is 0 Å². The van der Waals surface area contributed by atoms with Crippen LogP contribution in [0.2, 0.25) is 0 Å². The molecular formula is C8H13NO2. The van der Waals surface area contributed by atoms with Crippen LogP contribution in [-0.4, -0.2) is 18.6 Å². The average Bonchev–Trinajstić information content (AvgIpc) is 2.01. The van der Waals surface area contributed by atoms with Gasteiger partial charge in [0, 0.05) is 6.08 Å². The Balaban J connectivity index is 3.53. The third-order valence-electron chi connectivity index (χ3n) is 1.02. The molecule has 11 heavy (non-hydrogen) atoms. The zero-order valence-corrected chi connectivity index (χ0v) is 6.62. The van der Waals surface area contributed by atoms with Gasteiger partial charge >= 0.3 is 5.97 Å². The standard InChI is InChI=1S/C8H13NO2/c1-3-5-7(9)6-11-8(10)4-2/h3-5,7H,2,6,9H2,1H3. The fraction of sp³-hybridized carbons (Fsp3) is 0.375. The smallest absolute Gasteiger partial charge is 0.330 e. The SMILES string of the molecule is C=CC(=O)OCC(N)C=CC. The topological polar surface area (TPSA) is 52.3 Å². The van der Waals surface area contributed by atoms with Crippen LogP contribution in [0.1, 0.15) is 6.92 Å². The van der Waals surface area contributed by atoms with Gasteiger partial charge in [-0.3, -0.25) is 0 Å². The van der Waals surface area contributed by atoms with Crippen LogP contribution in [0.4, 0.5) is 0 Å². The molecule has 0 saturated carbocycles. The molecule has 0 aromatic rings. The van der Waals surface area contributed by atoms with Crippen molar-refractivity contribution in [3.05, 3.63) is 24.8 Å². The van der Waals surface area contributed by atoms with E-state index >= 15 is 0 Å². The molecule has 0 spiro atoms. The van der Waals surface area contributed by atoms with Crippen LogP contribution in [0.25, 0.3) is 0 Å². The minimum Gasteiger partial charge on any atom is -0.461 e. The highest BCUT2D eigenvalue weighted by Crippen LogP contribution is 1.86. The number of carbonyl (C=O) groups is 1. The molecule has 0 aliphatic heterocycles. The molecule has 0 saturated heterocycles. The number of rotatable bonds is 4. The highest BCUT2D eigenvalue weighted by atomic mass is 16.5. The van der Waals surface area contributed by atoms with Crippen molar-refractivity contribution in [2.75, 3.05) is 6.61 Å². The van der Waals surface area contributed by atoms with Crippen molar-refractivity contribution in [1.29, 1.82) is 0 Å². The maximum absolute atomic E-state index is 10.5. The van der Waals surface area contributed by atoms with Crippen LogP contribution in [0.15, 0.2) is 24.8 Å². The molecule has 2 N–H and O–H groups in total. The van der Waals surface area contributed by atoms with Crippen LogP contribution in [0.3, 0.4) is 0 Å². The highest BCUT2D eigenvalue weighted by Gasteiger charge is 1.99. The first-order chi connectivity index (χ1) is 5.20. The second-order valence-corrected chi connectivity index (χ2v) is 2.02. The molecule has 1 unspecified atom stereocenters. The predicted octanol–water partition coefficient (Wildman–Crippen LogP) is 0.619. The largest absolute Gasteiger partial charge is 0.461 e. The number of nitrogens with two attached hydrogens (primary N) is 1. The minimum atomic E-state index is -0.440. The number of carbonyl (C=O) groups excluding carboxylic acids is 1. The van der Waals surface area contributed by atoms with Crippen molar-refractivity contribution in [2.24, 2.45) is 5.73 Å². The number of hydrogen-bond acceptors (Lipinski definition) is 3. The van der Waals surface area contributed by atoms with Crippen LogP contribution in [0, 0.1) is 0 Å². The van der Waals surface area contributed by atoms with E-state index in [0.29, 0.717) is 0 Å². The number of allylic oxidation sites excluding steroid dienone is 1. The second-order valence-electron chi connectivity index (χ2n) is 2.02. The van der Waals surface area contributed by atoms with Crippen LogP contribution >= 0.6 is 0 Å². The lowest BCUT2D eigenvalue weighted by atomic mass is 10.3. The molecule has 0 rings (SSSR count). The summed E-state index contributed by atoms with van der Waals surface area (Å²) in [5.41, 5.74) is 5.49. The Morgan fingerprint density at radius 3 is 2.91 bits per heavy atom. The van der Waals surface area contributed by atoms with E-state index in [9.17, 15) is 4.79 Å². The maximum Gasteiger partial charge on any atom is 0.330 e. The van der Waals surface area contributed by atoms with Gasteiger partial charge in [0.2, 0.25) is 0 Å². The average molecular weight is 155 g/mol.